The first-order valence-electron chi connectivity index (χ1n) is 7.42. The molecule has 124 valence electrons. The van der Waals surface area contributed by atoms with Crippen LogP contribution in [-0.4, -0.2) is 47.0 Å². The molecule has 0 bridgehead atoms. The highest BCUT2D eigenvalue weighted by molar-refractivity contribution is 7.22. The number of anilines is 2. The normalized spacial score (nSPS) is 15.2. The highest BCUT2D eigenvalue weighted by atomic mass is 32.1. The lowest BCUT2D eigenvalue weighted by Crippen LogP contribution is -2.48. The van der Waals surface area contributed by atoms with Crippen LogP contribution in [0.25, 0.3) is 10.2 Å². The quantitative estimate of drug-likeness (QED) is 0.762. The lowest BCUT2D eigenvalue weighted by molar-refractivity contribution is 0.0716. The van der Waals surface area contributed by atoms with Gasteiger partial charge >= 0.3 is 0 Å². The van der Waals surface area contributed by atoms with Gasteiger partial charge in [0.25, 0.3) is 11.9 Å². The van der Waals surface area contributed by atoms with E-state index in [9.17, 15) is 9.18 Å². The van der Waals surface area contributed by atoms with Crippen molar-refractivity contribution >= 4 is 38.6 Å². The van der Waals surface area contributed by atoms with E-state index in [0.29, 0.717) is 26.2 Å². The molecular formula is C15H14FN5O2S. The average molecular weight is 347 g/mol. The molecular weight excluding hydrogens is 333 g/mol. The molecule has 24 heavy (non-hydrogen) atoms. The fourth-order valence-corrected chi connectivity index (χ4v) is 3.71. The summed E-state index contributed by atoms with van der Waals surface area (Å²) in [5.41, 5.74) is 6.19. The Morgan fingerprint density at radius 2 is 2.08 bits per heavy atom. The molecule has 0 aliphatic carbocycles. The van der Waals surface area contributed by atoms with Crippen LogP contribution in [-0.2, 0) is 0 Å². The van der Waals surface area contributed by atoms with Gasteiger partial charge in [-0.25, -0.2) is 14.4 Å². The maximum atomic E-state index is 13.3. The van der Waals surface area contributed by atoms with Crippen LogP contribution in [0.4, 0.5) is 15.5 Å². The molecule has 9 heteroatoms. The van der Waals surface area contributed by atoms with Crippen molar-refractivity contribution in [3.05, 3.63) is 36.0 Å². The number of piperazine rings is 1. The third-order valence-electron chi connectivity index (χ3n) is 3.91. The van der Waals surface area contributed by atoms with E-state index in [1.54, 1.807) is 11.0 Å². The molecule has 3 heterocycles. The van der Waals surface area contributed by atoms with E-state index >= 15 is 0 Å². The molecule has 1 aliphatic rings. The molecule has 1 saturated heterocycles. The Bertz CT molecular complexity index is 900. The first-order valence-corrected chi connectivity index (χ1v) is 8.23. The van der Waals surface area contributed by atoms with E-state index in [2.05, 4.69) is 14.9 Å². The largest absolute Gasteiger partial charge is 0.418 e. The van der Waals surface area contributed by atoms with Crippen molar-refractivity contribution in [1.29, 1.82) is 0 Å². The zero-order chi connectivity index (χ0) is 16.7. The molecule has 1 aliphatic heterocycles. The number of oxazole rings is 1. The molecule has 1 amide bonds. The van der Waals surface area contributed by atoms with Crippen molar-refractivity contribution in [2.45, 2.75) is 0 Å². The molecule has 1 fully saturated rings. The van der Waals surface area contributed by atoms with E-state index in [1.807, 2.05) is 0 Å². The molecule has 2 aromatic heterocycles. The number of thiazole rings is 1. The Hall–Kier alpha value is -2.68. The second-order valence-corrected chi connectivity index (χ2v) is 6.46. The van der Waals surface area contributed by atoms with Crippen LogP contribution >= 0.6 is 11.3 Å². The molecule has 1 aromatic carbocycles. The van der Waals surface area contributed by atoms with Gasteiger partial charge in [0, 0.05) is 26.2 Å². The van der Waals surface area contributed by atoms with E-state index in [1.165, 1.54) is 29.7 Å². The fourth-order valence-electron chi connectivity index (χ4n) is 2.66. The number of nitrogen functional groups attached to an aromatic ring is 1. The number of carbonyl (C=O) groups excluding carboxylic acids is 1. The minimum Gasteiger partial charge on any atom is -0.418 e. The Balaban J connectivity index is 1.46. The number of nitrogens with two attached hydrogens (primary N) is 1. The lowest BCUT2D eigenvalue weighted by Gasteiger charge is -2.34. The smallest absolute Gasteiger partial charge is 0.292 e. The van der Waals surface area contributed by atoms with Gasteiger partial charge < -0.3 is 20.0 Å². The number of benzene rings is 1. The predicted octanol–water partition coefficient (Wildman–Crippen LogP) is 1.97. The molecule has 0 radical (unpaired) electrons. The zero-order valence-corrected chi connectivity index (χ0v) is 13.4. The molecule has 0 atom stereocenters. The summed E-state index contributed by atoms with van der Waals surface area (Å²) in [5.74, 6) is -0.332. The van der Waals surface area contributed by atoms with Gasteiger partial charge in [0.2, 0.25) is 5.76 Å². The summed E-state index contributed by atoms with van der Waals surface area (Å²) < 4.78 is 19.2. The van der Waals surface area contributed by atoms with Gasteiger partial charge in [-0.3, -0.25) is 4.79 Å². The van der Waals surface area contributed by atoms with Crippen molar-refractivity contribution < 1.29 is 13.6 Å². The minimum absolute atomic E-state index is 0.0151. The maximum absolute atomic E-state index is 13.3. The first-order chi connectivity index (χ1) is 11.6. The van der Waals surface area contributed by atoms with Gasteiger partial charge in [0.1, 0.15) is 5.82 Å². The summed E-state index contributed by atoms with van der Waals surface area (Å²) in [7, 11) is 0. The van der Waals surface area contributed by atoms with Crippen LogP contribution in [0.3, 0.4) is 0 Å². The molecule has 0 saturated carbocycles. The van der Waals surface area contributed by atoms with Crippen LogP contribution in [0, 0.1) is 5.82 Å². The minimum atomic E-state index is -0.264. The van der Waals surface area contributed by atoms with Crippen molar-refractivity contribution in [1.82, 2.24) is 14.9 Å². The topological polar surface area (TPSA) is 88.5 Å². The van der Waals surface area contributed by atoms with Crippen molar-refractivity contribution in [3.8, 4) is 0 Å². The van der Waals surface area contributed by atoms with Gasteiger partial charge in [-0.15, -0.1) is 0 Å². The summed E-state index contributed by atoms with van der Waals surface area (Å²) in [6, 6.07) is 4.56. The Morgan fingerprint density at radius 3 is 2.79 bits per heavy atom. The van der Waals surface area contributed by atoms with Gasteiger partial charge in [-0.1, -0.05) is 11.3 Å². The average Bonchev–Trinajstić information content (AvgIpc) is 3.20. The van der Waals surface area contributed by atoms with E-state index in [-0.39, 0.29) is 23.5 Å². The second-order valence-electron chi connectivity index (χ2n) is 5.45. The summed E-state index contributed by atoms with van der Waals surface area (Å²) in [5, 5.41) is 0.839. The second kappa shape index (κ2) is 5.75. The summed E-state index contributed by atoms with van der Waals surface area (Å²) >= 11 is 1.45. The number of carbonyl (C=O) groups is 1. The van der Waals surface area contributed by atoms with E-state index in [0.717, 1.165) is 15.3 Å². The van der Waals surface area contributed by atoms with Gasteiger partial charge in [0.05, 0.1) is 16.4 Å². The molecule has 0 unspecified atom stereocenters. The molecule has 2 N–H and O–H groups in total. The summed E-state index contributed by atoms with van der Waals surface area (Å²) in [6.07, 6.45) is 1.34. The van der Waals surface area contributed by atoms with Crippen molar-refractivity contribution in [2.24, 2.45) is 0 Å². The maximum Gasteiger partial charge on any atom is 0.292 e. The molecule has 7 nitrogen and oxygen atoms in total. The SMILES string of the molecule is Nc1ncc(C(=O)N2CCN(c3nc4ccc(F)cc4s3)CC2)o1. The zero-order valence-electron chi connectivity index (χ0n) is 12.6. The Morgan fingerprint density at radius 1 is 1.29 bits per heavy atom. The van der Waals surface area contributed by atoms with Crippen LogP contribution in [0.15, 0.2) is 28.8 Å². The highest BCUT2D eigenvalue weighted by Crippen LogP contribution is 2.30. The Labute approximate surface area is 140 Å². The standard InChI is InChI=1S/C15H14FN5O2S/c16-9-1-2-10-12(7-9)24-15(19-10)21-5-3-20(4-6-21)13(22)11-8-18-14(17)23-11/h1-2,7-8H,3-6H2,(H2,17,18). The first kappa shape index (κ1) is 14.9. The predicted molar refractivity (Wildman–Crippen MR) is 88.6 cm³/mol. The monoisotopic (exact) mass is 347 g/mol. The van der Waals surface area contributed by atoms with Crippen LogP contribution in [0.1, 0.15) is 10.6 Å². The summed E-state index contributed by atoms with van der Waals surface area (Å²) in [6.45, 7) is 2.39. The number of amides is 1. The number of aromatic nitrogens is 2. The van der Waals surface area contributed by atoms with Crippen LogP contribution in [0.2, 0.25) is 0 Å². The van der Waals surface area contributed by atoms with E-state index in [4.69, 9.17) is 10.2 Å². The number of hydrogen-bond donors (Lipinski definition) is 1. The third-order valence-corrected chi connectivity index (χ3v) is 4.99. The molecule has 0 spiro atoms. The van der Waals surface area contributed by atoms with Crippen molar-refractivity contribution in [3.63, 3.8) is 0 Å². The number of fused-ring (bicyclic) bond motifs is 1. The Kier molecular flexibility index (Phi) is 3.57. The van der Waals surface area contributed by atoms with Gasteiger partial charge in [0.15, 0.2) is 5.13 Å². The van der Waals surface area contributed by atoms with Crippen LogP contribution in [0.5, 0.6) is 0 Å². The molecule has 3 aromatic rings. The van der Waals surface area contributed by atoms with Gasteiger partial charge in [-0.2, -0.15) is 0 Å². The fraction of sp³-hybridized carbons (Fsp3) is 0.267. The number of halogens is 1. The van der Waals surface area contributed by atoms with Gasteiger partial charge in [-0.05, 0) is 18.2 Å². The number of rotatable bonds is 2. The highest BCUT2D eigenvalue weighted by Gasteiger charge is 2.26. The van der Waals surface area contributed by atoms with E-state index < -0.39 is 0 Å². The third kappa shape index (κ3) is 2.67. The van der Waals surface area contributed by atoms with Crippen LogP contribution < -0.4 is 10.6 Å². The summed E-state index contributed by atoms with van der Waals surface area (Å²) in [4.78, 5) is 24.4. The van der Waals surface area contributed by atoms with Crippen molar-refractivity contribution in [2.75, 3.05) is 36.8 Å². The molecule has 4 rings (SSSR count). The number of hydrogen-bond acceptors (Lipinski definition) is 7. The number of nitrogens with zero attached hydrogens (tertiary/aromatic N) is 4. The lowest BCUT2D eigenvalue weighted by atomic mass is 10.3.